The molecule has 1 aliphatic carbocycles. The molecule has 1 aromatic heterocycles. The minimum atomic E-state index is -0.0400. The Labute approximate surface area is 124 Å². The molecule has 1 aromatic carbocycles. The largest absolute Gasteiger partial charge is 0.451 e. The molecule has 0 radical (unpaired) electrons. The van der Waals surface area contributed by atoms with E-state index in [1.54, 1.807) is 0 Å². The number of hydrogen-bond acceptors (Lipinski definition) is 3. The zero-order chi connectivity index (χ0) is 14.8. The molecule has 3 rings (SSSR count). The van der Waals surface area contributed by atoms with Crippen LogP contribution in [0.5, 0.6) is 0 Å². The lowest BCUT2D eigenvalue weighted by atomic mass is 9.91. The summed E-state index contributed by atoms with van der Waals surface area (Å²) in [4.78, 5) is 14.7. The summed E-state index contributed by atoms with van der Waals surface area (Å²) < 4.78 is 5.79. The monoisotopic (exact) mass is 287 g/mol. The molecular formula is C17H21NO3. The summed E-state index contributed by atoms with van der Waals surface area (Å²) in [6, 6.07) is 8.04. The third-order valence-corrected chi connectivity index (χ3v) is 4.37. The van der Waals surface area contributed by atoms with Crippen LogP contribution in [0.15, 0.2) is 28.7 Å². The molecule has 4 heteroatoms. The van der Waals surface area contributed by atoms with Crippen LogP contribution in [0, 0.1) is 6.92 Å². The first-order valence-corrected chi connectivity index (χ1v) is 7.62. The molecule has 1 amide bonds. The Morgan fingerprint density at radius 3 is 2.76 bits per heavy atom. The third-order valence-electron chi connectivity index (χ3n) is 4.37. The minimum absolute atomic E-state index is 0.0400. The van der Waals surface area contributed by atoms with E-state index >= 15 is 0 Å². The number of para-hydroxylation sites is 1. The van der Waals surface area contributed by atoms with Crippen molar-refractivity contribution in [1.29, 1.82) is 0 Å². The van der Waals surface area contributed by atoms with Gasteiger partial charge in [0, 0.05) is 30.1 Å². The molecular weight excluding hydrogens is 266 g/mol. The molecule has 0 bridgehead atoms. The summed E-state index contributed by atoms with van der Waals surface area (Å²) in [5.74, 6) is 0.405. The van der Waals surface area contributed by atoms with Gasteiger partial charge in [-0.1, -0.05) is 18.2 Å². The van der Waals surface area contributed by atoms with E-state index in [9.17, 15) is 4.79 Å². The van der Waals surface area contributed by atoms with Crippen molar-refractivity contribution in [3.63, 3.8) is 0 Å². The third kappa shape index (κ3) is 2.56. The van der Waals surface area contributed by atoms with Crippen molar-refractivity contribution in [2.24, 2.45) is 0 Å². The van der Waals surface area contributed by atoms with Crippen LogP contribution in [0.25, 0.3) is 11.0 Å². The summed E-state index contributed by atoms with van der Waals surface area (Å²) in [6.45, 7) is 2.64. The predicted octanol–water partition coefficient (Wildman–Crippen LogP) is 3.12. The van der Waals surface area contributed by atoms with Gasteiger partial charge in [0.25, 0.3) is 5.91 Å². The molecule has 0 atom stereocenters. The Bertz CT molecular complexity index is 643. The molecule has 1 fully saturated rings. The van der Waals surface area contributed by atoms with Gasteiger partial charge in [-0.2, -0.15) is 0 Å². The number of aliphatic hydroxyl groups is 1. The zero-order valence-corrected chi connectivity index (χ0v) is 12.3. The number of carbonyl (C=O) groups is 1. The molecule has 112 valence electrons. The first-order chi connectivity index (χ1) is 10.2. The van der Waals surface area contributed by atoms with Crippen LogP contribution in [0.3, 0.4) is 0 Å². The van der Waals surface area contributed by atoms with Crippen molar-refractivity contribution < 1.29 is 14.3 Å². The maximum atomic E-state index is 12.8. The van der Waals surface area contributed by atoms with E-state index in [1.165, 1.54) is 6.42 Å². The van der Waals surface area contributed by atoms with Gasteiger partial charge in [-0.15, -0.1) is 0 Å². The highest BCUT2D eigenvalue weighted by atomic mass is 16.3. The molecule has 1 N–H and O–H groups in total. The van der Waals surface area contributed by atoms with Crippen LogP contribution in [0.1, 0.15) is 41.8 Å². The maximum Gasteiger partial charge on any atom is 0.290 e. The number of benzene rings is 1. The zero-order valence-electron chi connectivity index (χ0n) is 12.3. The Kier molecular flexibility index (Phi) is 3.97. The standard InChI is InChI=1S/C17H21NO3/c1-12-14-8-2-3-9-15(14)21-16(12)17(20)18(10-5-11-19)13-6-4-7-13/h2-3,8-9,13,19H,4-7,10-11H2,1H3. The van der Waals surface area contributed by atoms with Crippen molar-refractivity contribution in [2.45, 2.75) is 38.6 Å². The molecule has 0 aliphatic heterocycles. The Morgan fingerprint density at radius 1 is 1.38 bits per heavy atom. The number of nitrogens with zero attached hydrogens (tertiary/aromatic N) is 1. The van der Waals surface area contributed by atoms with Gasteiger partial charge in [0.05, 0.1) is 0 Å². The molecule has 1 saturated carbocycles. The number of fused-ring (bicyclic) bond motifs is 1. The first kappa shape index (κ1) is 14.1. The van der Waals surface area contributed by atoms with Crippen molar-refractivity contribution in [3.8, 4) is 0 Å². The SMILES string of the molecule is Cc1c(C(=O)N(CCCO)C2CCC2)oc2ccccc12. The average Bonchev–Trinajstić information content (AvgIpc) is 2.78. The van der Waals surface area contributed by atoms with Crippen LogP contribution in [-0.4, -0.2) is 35.1 Å². The lowest BCUT2D eigenvalue weighted by Gasteiger charge is -2.37. The number of rotatable bonds is 5. The second-order valence-electron chi connectivity index (χ2n) is 5.71. The number of aryl methyl sites for hydroxylation is 1. The van der Waals surface area contributed by atoms with Crippen LogP contribution >= 0.6 is 0 Å². The van der Waals surface area contributed by atoms with E-state index in [0.717, 1.165) is 29.4 Å². The first-order valence-electron chi connectivity index (χ1n) is 7.62. The molecule has 21 heavy (non-hydrogen) atoms. The maximum absolute atomic E-state index is 12.8. The van der Waals surface area contributed by atoms with Gasteiger partial charge in [-0.25, -0.2) is 0 Å². The highest BCUT2D eigenvalue weighted by Gasteiger charge is 2.31. The van der Waals surface area contributed by atoms with Gasteiger partial charge in [-0.05, 0) is 38.7 Å². The summed E-state index contributed by atoms with van der Waals surface area (Å²) in [5, 5.41) is 10.0. The smallest absolute Gasteiger partial charge is 0.290 e. The number of hydrogen-bond donors (Lipinski definition) is 1. The van der Waals surface area contributed by atoms with E-state index in [1.807, 2.05) is 36.1 Å². The van der Waals surface area contributed by atoms with Crippen molar-refractivity contribution >= 4 is 16.9 Å². The van der Waals surface area contributed by atoms with Gasteiger partial charge in [0.2, 0.25) is 0 Å². The Balaban J connectivity index is 1.91. The van der Waals surface area contributed by atoms with E-state index in [-0.39, 0.29) is 12.5 Å². The molecule has 0 unspecified atom stereocenters. The van der Waals surface area contributed by atoms with Gasteiger partial charge < -0.3 is 14.4 Å². The molecule has 2 aromatic rings. The van der Waals surface area contributed by atoms with E-state index in [4.69, 9.17) is 9.52 Å². The van der Waals surface area contributed by atoms with Crippen LogP contribution in [-0.2, 0) is 0 Å². The van der Waals surface area contributed by atoms with Crippen molar-refractivity contribution in [2.75, 3.05) is 13.2 Å². The average molecular weight is 287 g/mol. The topological polar surface area (TPSA) is 53.7 Å². The molecule has 1 aliphatic rings. The second kappa shape index (κ2) is 5.90. The van der Waals surface area contributed by atoms with Crippen molar-refractivity contribution in [1.82, 2.24) is 4.90 Å². The number of carbonyl (C=O) groups excluding carboxylic acids is 1. The van der Waals surface area contributed by atoms with Gasteiger partial charge in [0.15, 0.2) is 5.76 Å². The minimum Gasteiger partial charge on any atom is -0.451 e. The molecule has 0 spiro atoms. The van der Waals surface area contributed by atoms with Crippen LogP contribution in [0.2, 0.25) is 0 Å². The second-order valence-corrected chi connectivity index (χ2v) is 5.71. The van der Waals surface area contributed by atoms with Crippen LogP contribution in [0.4, 0.5) is 0 Å². The number of furan rings is 1. The summed E-state index contributed by atoms with van der Waals surface area (Å²) in [5.41, 5.74) is 1.66. The lowest BCUT2D eigenvalue weighted by Crippen LogP contribution is -2.45. The summed E-state index contributed by atoms with van der Waals surface area (Å²) in [7, 11) is 0. The molecule has 0 saturated heterocycles. The van der Waals surface area contributed by atoms with Gasteiger partial charge in [-0.3, -0.25) is 4.79 Å². The lowest BCUT2D eigenvalue weighted by molar-refractivity contribution is 0.0532. The van der Waals surface area contributed by atoms with E-state index < -0.39 is 0 Å². The number of amides is 1. The Hall–Kier alpha value is -1.81. The van der Waals surface area contributed by atoms with Crippen LogP contribution < -0.4 is 0 Å². The summed E-state index contributed by atoms with van der Waals surface area (Å²) in [6.07, 6.45) is 3.89. The van der Waals surface area contributed by atoms with Crippen molar-refractivity contribution in [3.05, 3.63) is 35.6 Å². The normalized spacial score (nSPS) is 15.1. The van der Waals surface area contributed by atoms with Gasteiger partial charge in [0.1, 0.15) is 5.58 Å². The predicted molar refractivity (Wildman–Crippen MR) is 81.3 cm³/mol. The quantitative estimate of drug-likeness (QED) is 0.919. The van der Waals surface area contributed by atoms with E-state index in [2.05, 4.69) is 0 Å². The fraction of sp³-hybridized carbons (Fsp3) is 0.471. The highest BCUT2D eigenvalue weighted by molar-refractivity contribution is 5.99. The fourth-order valence-electron chi connectivity index (χ4n) is 2.90. The van der Waals surface area contributed by atoms with Gasteiger partial charge >= 0.3 is 0 Å². The van der Waals surface area contributed by atoms with E-state index in [0.29, 0.717) is 24.8 Å². The fourth-order valence-corrected chi connectivity index (χ4v) is 2.90. The summed E-state index contributed by atoms with van der Waals surface area (Å²) >= 11 is 0. The number of aliphatic hydroxyl groups excluding tert-OH is 1. The highest BCUT2D eigenvalue weighted by Crippen LogP contribution is 2.30. The Morgan fingerprint density at radius 2 is 2.14 bits per heavy atom. The molecule has 1 heterocycles. The molecule has 4 nitrogen and oxygen atoms in total.